The quantitative estimate of drug-likeness (QED) is 0.660. The fourth-order valence-corrected chi connectivity index (χ4v) is 4.23. The summed E-state index contributed by atoms with van der Waals surface area (Å²) in [6, 6.07) is 4.23. The average molecular weight is 404 g/mol. The Balaban J connectivity index is 0.000000422. The summed E-state index contributed by atoms with van der Waals surface area (Å²) < 4.78 is 0. The molecule has 1 aliphatic carbocycles. The van der Waals surface area contributed by atoms with Gasteiger partial charge in [0.1, 0.15) is 4.83 Å². The molecular formula is C23H37N3OS. The topological polar surface area (TPSA) is 68.0 Å². The van der Waals surface area contributed by atoms with Gasteiger partial charge in [-0.1, -0.05) is 47.6 Å². The molecule has 0 aromatic carbocycles. The Morgan fingerprint density at radius 1 is 1.43 bits per heavy atom. The van der Waals surface area contributed by atoms with E-state index in [9.17, 15) is 4.79 Å². The van der Waals surface area contributed by atoms with Crippen LogP contribution in [-0.2, 0) is 12.8 Å². The van der Waals surface area contributed by atoms with E-state index in [0.29, 0.717) is 17.7 Å². The average Bonchev–Trinajstić information content (AvgIpc) is 3.09. The van der Waals surface area contributed by atoms with Crippen LogP contribution < -0.4 is 11.1 Å². The Kier molecular flexibility index (Phi) is 9.83. The number of nitrogens with zero attached hydrogens (tertiary/aromatic N) is 1. The molecule has 0 radical (unpaired) electrons. The van der Waals surface area contributed by atoms with Gasteiger partial charge in [0, 0.05) is 23.3 Å². The van der Waals surface area contributed by atoms with E-state index in [-0.39, 0.29) is 0 Å². The van der Waals surface area contributed by atoms with Crippen LogP contribution in [-0.4, -0.2) is 24.9 Å². The zero-order chi connectivity index (χ0) is 21.3. The molecule has 3 N–H and O–H groups in total. The van der Waals surface area contributed by atoms with Gasteiger partial charge in [-0.05, 0) is 55.3 Å². The molecule has 0 bridgehead atoms. The largest absolute Gasteiger partial charge is 0.401 e. The highest BCUT2D eigenvalue weighted by Gasteiger charge is 2.31. The number of aldehydes is 1. The molecular weight excluding hydrogens is 366 g/mol. The van der Waals surface area contributed by atoms with Crippen LogP contribution in [0.2, 0.25) is 0 Å². The van der Waals surface area contributed by atoms with Crippen LogP contribution in [0.15, 0.2) is 24.4 Å². The molecule has 0 spiro atoms. The number of aryl methyl sites for hydroxylation is 1. The second kappa shape index (κ2) is 11.3. The standard InChI is InChI=1S/C17H21NOS.C4H10N2.C2H6/c1-4-17(2,3)13-5-6-15-11(8-13)7-12-9-14(10-19)20-16(12)18-15;1-4(5)3-6-2;1-2/h7,9-10,13H,4-6,8H2,1-3H3;6H,1,3,5H2,2H3;1-2H3. The number of carbonyl (C=O) groups is 1. The third-order valence-electron chi connectivity index (χ3n) is 5.43. The Morgan fingerprint density at radius 3 is 2.61 bits per heavy atom. The molecule has 0 aliphatic heterocycles. The maximum Gasteiger partial charge on any atom is 0.160 e. The molecule has 156 valence electrons. The summed E-state index contributed by atoms with van der Waals surface area (Å²) in [6.07, 6.45) is 5.59. The summed E-state index contributed by atoms with van der Waals surface area (Å²) in [5.74, 6) is 0.739. The summed E-state index contributed by atoms with van der Waals surface area (Å²) in [4.78, 5) is 17.5. The van der Waals surface area contributed by atoms with Crippen LogP contribution in [0.5, 0.6) is 0 Å². The summed E-state index contributed by atoms with van der Waals surface area (Å²) >= 11 is 1.50. The first-order chi connectivity index (χ1) is 13.3. The first-order valence-electron chi connectivity index (χ1n) is 10.3. The van der Waals surface area contributed by atoms with Crippen molar-refractivity contribution < 1.29 is 4.79 Å². The molecule has 3 rings (SSSR count). The number of thiophene rings is 1. The van der Waals surface area contributed by atoms with Crippen LogP contribution in [0.25, 0.3) is 10.2 Å². The number of likely N-dealkylation sites (N-methyl/N-ethyl adjacent to an activating group) is 1. The Morgan fingerprint density at radius 2 is 2.11 bits per heavy atom. The smallest absolute Gasteiger partial charge is 0.160 e. The lowest BCUT2D eigenvalue weighted by Crippen LogP contribution is -2.29. The van der Waals surface area contributed by atoms with Gasteiger partial charge in [-0.25, -0.2) is 4.98 Å². The number of rotatable bonds is 5. The van der Waals surface area contributed by atoms with Crippen molar-refractivity contribution in [1.82, 2.24) is 10.3 Å². The van der Waals surface area contributed by atoms with E-state index in [4.69, 9.17) is 10.7 Å². The Labute approximate surface area is 174 Å². The highest BCUT2D eigenvalue weighted by Crippen LogP contribution is 2.40. The number of fused-ring (bicyclic) bond motifs is 2. The van der Waals surface area contributed by atoms with E-state index in [2.05, 4.69) is 38.7 Å². The normalized spacial score (nSPS) is 15.6. The summed E-state index contributed by atoms with van der Waals surface area (Å²) in [5, 5.41) is 3.97. The van der Waals surface area contributed by atoms with Gasteiger partial charge in [-0.2, -0.15) is 0 Å². The van der Waals surface area contributed by atoms with Crippen LogP contribution in [0.1, 0.15) is 68.4 Å². The monoisotopic (exact) mass is 403 g/mol. The highest BCUT2D eigenvalue weighted by molar-refractivity contribution is 7.20. The van der Waals surface area contributed by atoms with Gasteiger partial charge in [0.25, 0.3) is 0 Å². The zero-order valence-electron chi connectivity index (χ0n) is 18.4. The first-order valence-corrected chi connectivity index (χ1v) is 11.1. The number of hydrogen-bond acceptors (Lipinski definition) is 5. The third-order valence-corrected chi connectivity index (χ3v) is 6.40. The van der Waals surface area contributed by atoms with Gasteiger partial charge in [0.15, 0.2) is 6.29 Å². The molecule has 1 aliphatic rings. The second-order valence-electron chi connectivity index (χ2n) is 7.73. The molecule has 2 aromatic rings. The van der Waals surface area contributed by atoms with E-state index in [1.54, 1.807) is 0 Å². The lowest BCUT2D eigenvalue weighted by molar-refractivity contribution is 0.112. The molecule has 4 nitrogen and oxygen atoms in total. The minimum absolute atomic E-state index is 0.398. The van der Waals surface area contributed by atoms with Gasteiger partial charge >= 0.3 is 0 Å². The van der Waals surface area contributed by atoms with E-state index < -0.39 is 0 Å². The maximum absolute atomic E-state index is 10.9. The van der Waals surface area contributed by atoms with Crippen molar-refractivity contribution in [3.8, 4) is 0 Å². The SMILES string of the molecule is C=C(N)CNC.CC.CCC(C)(C)C1CCc2nc3sc(C=O)cc3cc2C1. The highest BCUT2D eigenvalue weighted by atomic mass is 32.1. The lowest BCUT2D eigenvalue weighted by Gasteiger charge is -2.36. The van der Waals surface area contributed by atoms with E-state index >= 15 is 0 Å². The fraction of sp³-hybridized carbons (Fsp3) is 0.565. The molecule has 2 heterocycles. The number of nitrogens with two attached hydrogens (primary N) is 1. The minimum atomic E-state index is 0.398. The molecule has 1 unspecified atom stereocenters. The Hall–Kier alpha value is -1.72. The van der Waals surface area contributed by atoms with Gasteiger partial charge in [0.2, 0.25) is 0 Å². The predicted octanol–water partition coefficient (Wildman–Crippen LogP) is 5.35. The lowest BCUT2D eigenvalue weighted by atomic mass is 9.69. The van der Waals surface area contributed by atoms with Crippen molar-refractivity contribution in [2.45, 2.75) is 60.3 Å². The number of pyridine rings is 1. The van der Waals surface area contributed by atoms with E-state index in [1.807, 2.05) is 27.0 Å². The van der Waals surface area contributed by atoms with E-state index in [0.717, 1.165) is 40.1 Å². The second-order valence-corrected chi connectivity index (χ2v) is 8.79. The van der Waals surface area contributed by atoms with Crippen LogP contribution in [0, 0.1) is 11.3 Å². The van der Waals surface area contributed by atoms with Crippen molar-refractivity contribution in [3.05, 3.63) is 40.5 Å². The number of aromatic nitrogens is 1. The molecule has 0 amide bonds. The molecule has 0 saturated heterocycles. The van der Waals surface area contributed by atoms with Crippen molar-refractivity contribution in [2.24, 2.45) is 17.1 Å². The summed E-state index contributed by atoms with van der Waals surface area (Å²) in [6.45, 7) is 15.2. The molecule has 5 heteroatoms. The van der Waals surface area contributed by atoms with Crippen LogP contribution >= 0.6 is 11.3 Å². The maximum atomic E-state index is 10.9. The fourth-order valence-electron chi connectivity index (χ4n) is 3.38. The van der Waals surface area contributed by atoms with Crippen molar-refractivity contribution >= 4 is 27.8 Å². The molecule has 2 aromatic heterocycles. The predicted molar refractivity (Wildman–Crippen MR) is 123 cm³/mol. The minimum Gasteiger partial charge on any atom is -0.401 e. The zero-order valence-corrected chi connectivity index (χ0v) is 19.2. The third kappa shape index (κ3) is 6.42. The van der Waals surface area contributed by atoms with Gasteiger partial charge < -0.3 is 11.1 Å². The number of carbonyl (C=O) groups excluding carboxylic acids is 1. The van der Waals surface area contributed by atoms with Gasteiger partial charge in [0.05, 0.1) is 4.88 Å². The number of hydrogen-bond donors (Lipinski definition) is 2. The molecule has 1 atom stereocenters. The first kappa shape index (κ1) is 24.3. The van der Waals surface area contributed by atoms with Gasteiger partial charge in [-0.15, -0.1) is 11.3 Å². The Bertz CT molecular complexity index is 779. The van der Waals surface area contributed by atoms with Crippen molar-refractivity contribution in [3.63, 3.8) is 0 Å². The van der Waals surface area contributed by atoms with E-state index in [1.165, 1.54) is 35.4 Å². The molecule has 0 saturated carbocycles. The van der Waals surface area contributed by atoms with Crippen LogP contribution in [0.4, 0.5) is 0 Å². The van der Waals surface area contributed by atoms with Crippen molar-refractivity contribution in [2.75, 3.05) is 13.6 Å². The number of nitrogens with one attached hydrogen (secondary N) is 1. The van der Waals surface area contributed by atoms with Gasteiger partial charge in [-0.3, -0.25) is 4.79 Å². The van der Waals surface area contributed by atoms with Crippen molar-refractivity contribution in [1.29, 1.82) is 0 Å². The molecule has 0 fully saturated rings. The summed E-state index contributed by atoms with van der Waals surface area (Å²) in [5.41, 5.74) is 8.87. The summed E-state index contributed by atoms with van der Waals surface area (Å²) in [7, 11) is 1.83. The molecule has 28 heavy (non-hydrogen) atoms. The van der Waals surface area contributed by atoms with Crippen LogP contribution in [0.3, 0.4) is 0 Å².